The molecule has 0 aliphatic carbocycles. The highest BCUT2D eigenvalue weighted by molar-refractivity contribution is 7.91. The summed E-state index contributed by atoms with van der Waals surface area (Å²) in [5, 5.41) is 9.29. The Kier molecular flexibility index (Phi) is 4.54. The summed E-state index contributed by atoms with van der Waals surface area (Å²) >= 11 is 5.27. The fourth-order valence-electron chi connectivity index (χ4n) is 3.56. The summed E-state index contributed by atoms with van der Waals surface area (Å²) in [5.74, 6) is 0.280. The van der Waals surface area contributed by atoms with E-state index in [-0.39, 0.29) is 27.9 Å². The molecule has 3 aromatic rings. The maximum absolute atomic E-state index is 12.7. The van der Waals surface area contributed by atoms with Gasteiger partial charge in [0.05, 0.1) is 40.4 Å². The van der Waals surface area contributed by atoms with Gasteiger partial charge in [0.2, 0.25) is 4.77 Å². The quantitative estimate of drug-likeness (QED) is 0.519. The summed E-state index contributed by atoms with van der Waals surface area (Å²) in [7, 11) is -3.01. The fraction of sp³-hybridized carbons (Fsp3) is 0.333. The first-order valence-electron chi connectivity index (χ1n) is 8.81. The molecule has 1 saturated heterocycles. The predicted molar refractivity (Wildman–Crippen MR) is 110 cm³/mol. The molecule has 0 saturated carbocycles. The highest BCUT2D eigenvalue weighted by Crippen LogP contribution is 2.26. The largest absolute Gasteiger partial charge is 0.330 e. The van der Waals surface area contributed by atoms with E-state index in [9.17, 15) is 13.2 Å². The van der Waals surface area contributed by atoms with Crippen molar-refractivity contribution in [1.29, 1.82) is 0 Å². The highest BCUT2D eigenvalue weighted by Gasteiger charge is 2.31. The van der Waals surface area contributed by atoms with Crippen molar-refractivity contribution in [1.82, 2.24) is 19.4 Å². The number of nitrogens with zero attached hydrogens (tertiary/aromatic N) is 4. The third-order valence-electron chi connectivity index (χ3n) is 5.02. The van der Waals surface area contributed by atoms with Crippen molar-refractivity contribution in [2.45, 2.75) is 26.3 Å². The van der Waals surface area contributed by atoms with Gasteiger partial charge in [0.1, 0.15) is 0 Å². The first-order valence-corrected chi connectivity index (χ1v) is 11.0. The van der Waals surface area contributed by atoms with Gasteiger partial charge in [0, 0.05) is 11.3 Å². The zero-order valence-electron chi connectivity index (χ0n) is 15.4. The van der Waals surface area contributed by atoms with Crippen LogP contribution in [0.1, 0.15) is 29.4 Å². The molecule has 1 aliphatic heterocycles. The Morgan fingerprint density at radius 3 is 2.79 bits per heavy atom. The third-order valence-corrected chi connectivity index (χ3v) is 7.05. The molecule has 1 N–H and O–H groups in total. The van der Waals surface area contributed by atoms with Gasteiger partial charge >= 0.3 is 0 Å². The lowest BCUT2D eigenvalue weighted by Crippen LogP contribution is -2.18. The Morgan fingerprint density at radius 2 is 2.07 bits per heavy atom. The molecule has 0 unspecified atom stereocenters. The second kappa shape index (κ2) is 6.78. The van der Waals surface area contributed by atoms with Crippen molar-refractivity contribution in [3.63, 3.8) is 0 Å². The Labute approximate surface area is 166 Å². The van der Waals surface area contributed by atoms with Crippen molar-refractivity contribution < 1.29 is 8.42 Å². The van der Waals surface area contributed by atoms with E-state index in [2.05, 4.69) is 15.2 Å². The number of rotatable bonds is 3. The van der Waals surface area contributed by atoms with Crippen LogP contribution in [0.25, 0.3) is 10.9 Å². The summed E-state index contributed by atoms with van der Waals surface area (Å²) < 4.78 is 26.7. The van der Waals surface area contributed by atoms with Crippen molar-refractivity contribution in [3.05, 3.63) is 56.3 Å². The molecule has 4 rings (SSSR count). The van der Waals surface area contributed by atoms with Crippen LogP contribution in [0.3, 0.4) is 0 Å². The van der Waals surface area contributed by atoms with Crippen molar-refractivity contribution in [3.8, 4) is 0 Å². The number of aromatic nitrogens is 4. The molecule has 10 heteroatoms. The molecule has 1 aromatic carbocycles. The molecule has 1 fully saturated rings. The summed E-state index contributed by atoms with van der Waals surface area (Å²) in [6.07, 6.45) is 2.10. The Balaban J connectivity index is 1.75. The Hall–Kier alpha value is -2.59. The van der Waals surface area contributed by atoms with Gasteiger partial charge in [-0.05, 0) is 44.6 Å². The van der Waals surface area contributed by atoms with Crippen LogP contribution in [-0.4, -0.2) is 45.6 Å². The molecule has 0 bridgehead atoms. The zero-order valence-corrected chi connectivity index (χ0v) is 17.0. The van der Waals surface area contributed by atoms with Gasteiger partial charge < -0.3 is 4.98 Å². The molecule has 2 aromatic heterocycles. The van der Waals surface area contributed by atoms with Gasteiger partial charge in [-0.15, -0.1) is 0 Å². The topological polar surface area (TPSA) is 102 Å². The van der Waals surface area contributed by atoms with Gasteiger partial charge in [-0.3, -0.25) is 9.48 Å². The number of sulfone groups is 1. The van der Waals surface area contributed by atoms with Crippen LogP contribution in [0.4, 0.5) is 0 Å². The van der Waals surface area contributed by atoms with E-state index in [1.807, 2.05) is 19.9 Å². The van der Waals surface area contributed by atoms with Crippen molar-refractivity contribution in [2.24, 2.45) is 5.10 Å². The number of fused-ring (bicyclic) bond motifs is 1. The first kappa shape index (κ1) is 18.8. The summed E-state index contributed by atoms with van der Waals surface area (Å²) in [6.45, 7) is 3.70. The minimum atomic E-state index is -3.01. The first-order chi connectivity index (χ1) is 13.3. The molecule has 0 spiro atoms. The summed E-state index contributed by atoms with van der Waals surface area (Å²) in [6, 6.07) is 6.93. The van der Waals surface area contributed by atoms with Crippen LogP contribution in [0.15, 0.2) is 34.2 Å². The van der Waals surface area contributed by atoms with E-state index < -0.39 is 9.84 Å². The molecule has 28 heavy (non-hydrogen) atoms. The lowest BCUT2D eigenvalue weighted by atomic mass is 10.2. The van der Waals surface area contributed by atoms with E-state index in [1.165, 1.54) is 0 Å². The van der Waals surface area contributed by atoms with Crippen LogP contribution < -0.4 is 5.56 Å². The molecule has 3 heterocycles. The third kappa shape index (κ3) is 3.22. The zero-order chi connectivity index (χ0) is 20.1. The SMILES string of the molecule is Cc1nn([C@@H]2CCS(=O)(=O)C2)c(C)c1/C=N\n1c(=S)[nH]c2ccccc2c1=O. The number of benzene rings is 1. The van der Waals surface area contributed by atoms with Gasteiger partial charge in [-0.1, -0.05) is 12.1 Å². The van der Waals surface area contributed by atoms with E-state index >= 15 is 0 Å². The second-order valence-corrected chi connectivity index (χ2v) is 9.54. The molecular formula is C18H19N5O3S2. The smallest absolute Gasteiger partial charge is 0.282 e. The van der Waals surface area contributed by atoms with Gasteiger partial charge in [0.25, 0.3) is 5.56 Å². The lowest BCUT2D eigenvalue weighted by Gasteiger charge is -2.10. The maximum atomic E-state index is 12.7. The average molecular weight is 418 g/mol. The Bertz CT molecular complexity index is 1330. The summed E-state index contributed by atoms with van der Waals surface area (Å²) in [4.78, 5) is 15.7. The monoisotopic (exact) mass is 417 g/mol. The van der Waals surface area contributed by atoms with E-state index in [1.54, 1.807) is 29.1 Å². The standard InChI is InChI=1S/C18H19N5O3S2/c1-11-15(12(2)22(21-11)13-7-8-28(25,26)10-13)9-19-23-17(24)14-5-3-4-6-16(14)20-18(23)27/h3-6,9,13H,7-8,10H2,1-2H3,(H,20,27)/b19-9-/t13-/m1/s1. The molecule has 8 nitrogen and oxygen atoms in total. The second-order valence-electron chi connectivity index (χ2n) is 6.92. The number of H-pyrrole nitrogens is 1. The number of hydrogen-bond acceptors (Lipinski definition) is 6. The normalized spacial score (nSPS) is 19.0. The molecule has 1 atom stereocenters. The molecule has 146 valence electrons. The van der Waals surface area contributed by atoms with Crippen molar-refractivity contribution >= 4 is 39.2 Å². The van der Waals surface area contributed by atoms with E-state index in [0.29, 0.717) is 23.0 Å². The van der Waals surface area contributed by atoms with Crippen molar-refractivity contribution in [2.75, 3.05) is 11.5 Å². The van der Waals surface area contributed by atoms with E-state index in [0.717, 1.165) is 15.9 Å². The van der Waals surface area contributed by atoms with Crippen LogP contribution >= 0.6 is 12.2 Å². The van der Waals surface area contributed by atoms with Gasteiger partial charge in [-0.2, -0.15) is 14.9 Å². The van der Waals surface area contributed by atoms with E-state index in [4.69, 9.17) is 12.2 Å². The number of aryl methyl sites for hydroxylation is 1. The van der Waals surface area contributed by atoms with Gasteiger partial charge in [-0.25, -0.2) is 8.42 Å². The number of nitrogens with one attached hydrogen (secondary N) is 1. The molecule has 0 amide bonds. The Morgan fingerprint density at radius 1 is 1.32 bits per heavy atom. The molecular weight excluding hydrogens is 398 g/mol. The number of hydrogen-bond donors (Lipinski definition) is 1. The van der Waals surface area contributed by atoms with Gasteiger partial charge in [0.15, 0.2) is 9.84 Å². The average Bonchev–Trinajstić information content (AvgIpc) is 3.14. The minimum absolute atomic E-state index is 0.0982. The van der Waals surface area contributed by atoms with Crippen LogP contribution in [0.2, 0.25) is 0 Å². The minimum Gasteiger partial charge on any atom is -0.330 e. The maximum Gasteiger partial charge on any atom is 0.282 e. The van der Waals surface area contributed by atoms with Crippen LogP contribution in [0.5, 0.6) is 0 Å². The van der Waals surface area contributed by atoms with Crippen LogP contribution in [0, 0.1) is 18.6 Å². The summed E-state index contributed by atoms with van der Waals surface area (Å²) in [5.41, 5.74) is 2.63. The molecule has 1 aliphatic rings. The fourth-order valence-corrected chi connectivity index (χ4v) is 5.49. The predicted octanol–water partition coefficient (Wildman–Crippen LogP) is 2.11. The van der Waals surface area contributed by atoms with Crippen LogP contribution in [-0.2, 0) is 9.84 Å². The molecule has 0 radical (unpaired) electrons. The highest BCUT2D eigenvalue weighted by atomic mass is 32.2. The number of para-hydroxylation sites is 1. The lowest BCUT2D eigenvalue weighted by molar-refractivity contribution is 0.486. The number of aromatic amines is 1.